The Morgan fingerprint density at radius 1 is 1.15 bits per heavy atom. The molecule has 1 aromatic rings. The van der Waals surface area contributed by atoms with Gasteiger partial charge in [0, 0.05) is 50.1 Å². The second kappa shape index (κ2) is 9.84. The lowest BCUT2D eigenvalue weighted by Gasteiger charge is -2.33. The van der Waals surface area contributed by atoms with E-state index in [9.17, 15) is 14.4 Å². The number of nitrogens with zero attached hydrogens (tertiary/aromatic N) is 2. The fourth-order valence-corrected chi connectivity index (χ4v) is 2.71. The second-order valence-corrected chi connectivity index (χ2v) is 6.24. The summed E-state index contributed by atoms with van der Waals surface area (Å²) >= 11 is 0. The van der Waals surface area contributed by atoms with Gasteiger partial charge in [0.15, 0.2) is 0 Å². The molecule has 146 valence electrons. The Kier molecular flexibility index (Phi) is 7.51. The van der Waals surface area contributed by atoms with Gasteiger partial charge in [0.2, 0.25) is 5.91 Å². The number of β-amino-alcohol motifs (C(OH)–C–C–N with tert-alkyl or cyclic N) is 1. The van der Waals surface area contributed by atoms with Gasteiger partial charge in [-0.15, -0.1) is 0 Å². The lowest BCUT2D eigenvalue weighted by atomic mass is 10.2. The van der Waals surface area contributed by atoms with E-state index in [0.29, 0.717) is 49.5 Å². The summed E-state index contributed by atoms with van der Waals surface area (Å²) in [6, 6.07) is 6.30. The first-order valence-electron chi connectivity index (χ1n) is 8.74. The van der Waals surface area contributed by atoms with Crippen LogP contribution in [0.4, 0.5) is 5.69 Å². The van der Waals surface area contributed by atoms with E-state index >= 15 is 0 Å². The van der Waals surface area contributed by atoms with Crippen LogP contribution in [0.15, 0.2) is 35.9 Å². The maximum absolute atomic E-state index is 12.3. The number of ether oxygens (including phenoxy) is 1. The minimum absolute atomic E-state index is 0.105. The number of hydrogen-bond donors (Lipinski definition) is 2. The molecular weight excluding hydrogens is 350 g/mol. The van der Waals surface area contributed by atoms with Crippen LogP contribution in [-0.4, -0.2) is 79.1 Å². The van der Waals surface area contributed by atoms with Crippen LogP contribution in [0.5, 0.6) is 0 Å². The number of aliphatic hydroxyl groups is 1. The number of hydrogen-bond acceptors (Lipinski definition) is 6. The van der Waals surface area contributed by atoms with Crippen LogP contribution >= 0.6 is 0 Å². The molecule has 0 atom stereocenters. The van der Waals surface area contributed by atoms with Gasteiger partial charge in [-0.1, -0.05) is 0 Å². The number of benzene rings is 1. The largest absolute Gasteiger partial charge is 0.465 e. The average Bonchev–Trinajstić information content (AvgIpc) is 2.68. The van der Waals surface area contributed by atoms with Gasteiger partial charge in [0.05, 0.1) is 19.3 Å². The topological polar surface area (TPSA) is 99.2 Å². The zero-order valence-electron chi connectivity index (χ0n) is 15.6. The van der Waals surface area contributed by atoms with Crippen LogP contribution in [0.3, 0.4) is 0 Å². The summed E-state index contributed by atoms with van der Waals surface area (Å²) < 4.78 is 4.62. The molecular formula is C19H25N3O5. The van der Waals surface area contributed by atoms with E-state index < -0.39 is 5.97 Å². The van der Waals surface area contributed by atoms with Crippen molar-refractivity contribution in [1.82, 2.24) is 9.80 Å². The normalized spacial score (nSPS) is 15.4. The molecule has 0 aromatic heterocycles. The molecule has 8 nitrogen and oxygen atoms in total. The van der Waals surface area contributed by atoms with E-state index in [4.69, 9.17) is 5.11 Å². The third-order valence-corrected chi connectivity index (χ3v) is 4.36. The zero-order valence-corrected chi connectivity index (χ0v) is 15.6. The summed E-state index contributed by atoms with van der Waals surface area (Å²) in [5.74, 6) is -1.03. The minimum Gasteiger partial charge on any atom is -0.465 e. The lowest BCUT2D eigenvalue weighted by Crippen LogP contribution is -2.49. The first-order chi connectivity index (χ1) is 12.9. The quantitative estimate of drug-likeness (QED) is 0.555. The Bertz CT molecular complexity index is 707. The Morgan fingerprint density at radius 2 is 1.78 bits per heavy atom. The van der Waals surface area contributed by atoms with Gasteiger partial charge in [-0.25, -0.2) is 4.79 Å². The van der Waals surface area contributed by atoms with Crippen molar-refractivity contribution in [3.05, 3.63) is 41.5 Å². The van der Waals surface area contributed by atoms with Crippen molar-refractivity contribution in [3.8, 4) is 0 Å². The van der Waals surface area contributed by atoms with E-state index in [1.165, 1.54) is 13.2 Å². The molecule has 0 aliphatic carbocycles. The van der Waals surface area contributed by atoms with Crippen LogP contribution in [-0.2, 0) is 14.3 Å². The lowest BCUT2D eigenvalue weighted by molar-refractivity contribution is -0.128. The number of methoxy groups -OCH3 is 1. The van der Waals surface area contributed by atoms with Crippen LogP contribution < -0.4 is 5.32 Å². The van der Waals surface area contributed by atoms with Crippen LogP contribution in [0, 0.1) is 0 Å². The van der Waals surface area contributed by atoms with E-state index in [0.717, 1.165) is 0 Å². The maximum Gasteiger partial charge on any atom is 0.337 e. The molecule has 2 rings (SSSR count). The minimum atomic E-state index is -0.450. The highest BCUT2D eigenvalue weighted by atomic mass is 16.5. The Labute approximate surface area is 158 Å². The molecule has 0 bridgehead atoms. The van der Waals surface area contributed by atoms with Crippen LogP contribution in [0.1, 0.15) is 17.3 Å². The molecule has 0 spiro atoms. The molecule has 1 saturated heterocycles. The Morgan fingerprint density at radius 3 is 2.33 bits per heavy atom. The Balaban J connectivity index is 1.90. The fourth-order valence-electron chi connectivity index (χ4n) is 2.71. The van der Waals surface area contributed by atoms with Crippen molar-refractivity contribution in [2.75, 3.05) is 51.8 Å². The summed E-state index contributed by atoms with van der Waals surface area (Å²) in [6.45, 7) is 4.84. The molecule has 0 radical (unpaired) electrons. The highest BCUT2D eigenvalue weighted by molar-refractivity contribution is 6.07. The monoisotopic (exact) mass is 375 g/mol. The summed E-state index contributed by atoms with van der Waals surface area (Å²) in [5.41, 5.74) is 1.21. The molecule has 2 N–H and O–H groups in total. The van der Waals surface area contributed by atoms with E-state index in [1.54, 1.807) is 36.1 Å². The highest BCUT2D eigenvalue weighted by Gasteiger charge is 2.20. The number of carbonyl (C=O) groups is 3. The van der Waals surface area contributed by atoms with Crippen LogP contribution in [0.2, 0.25) is 0 Å². The molecule has 1 aromatic carbocycles. The number of nitrogens with one attached hydrogen (secondary N) is 1. The van der Waals surface area contributed by atoms with E-state index in [1.807, 2.05) is 0 Å². The first kappa shape index (κ1) is 20.6. The van der Waals surface area contributed by atoms with Gasteiger partial charge < -0.3 is 20.1 Å². The van der Waals surface area contributed by atoms with Crippen molar-refractivity contribution >= 4 is 23.5 Å². The number of amides is 2. The Hall–Kier alpha value is -2.71. The molecule has 0 unspecified atom stereocenters. The summed E-state index contributed by atoms with van der Waals surface area (Å²) in [4.78, 5) is 39.8. The fraction of sp³-hybridized carbons (Fsp3) is 0.421. The van der Waals surface area contributed by atoms with Crippen molar-refractivity contribution in [1.29, 1.82) is 0 Å². The van der Waals surface area contributed by atoms with E-state index in [2.05, 4.69) is 15.0 Å². The zero-order chi connectivity index (χ0) is 19.8. The van der Waals surface area contributed by atoms with Gasteiger partial charge in [-0.3, -0.25) is 14.5 Å². The van der Waals surface area contributed by atoms with E-state index in [-0.39, 0.29) is 18.4 Å². The summed E-state index contributed by atoms with van der Waals surface area (Å²) in [5, 5.41) is 11.6. The number of aliphatic hydroxyl groups excluding tert-OH is 1. The van der Waals surface area contributed by atoms with Crippen molar-refractivity contribution in [3.63, 3.8) is 0 Å². The second-order valence-electron chi connectivity index (χ2n) is 6.24. The highest BCUT2D eigenvalue weighted by Crippen LogP contribution is 2.12. The first-order valence-corrected chi connectivity index (χ1v) is 8.74. The van der Waals surface area contributed by atoms with Crippen molar-refractivity contribution in [2.24, 2.45) is 0 Å². The predicted molar refractivity (Wildman–Crippen MR) is 100 cm³/mol. The van der Waals surface area contributed by atoms with Gasteiger partial charge in [0.25, 0.3) is 5.91 Å². The van der Waals surface area contributed by atoms with Gasteiger partial charge >= 0.3 is 5.97 Å². The molecule has 1 aliphatic heterocycles. The molecule has 1 heterocycles. The van der Waals surface area contributed by atoms with Gasteiger partial charge in [-0.05, 0) is 31.2 Å². The number of carbonyl (C=O) groups excluding carboxylic acids is 3. The standard InChI is InChI=1S/C19H25N3O5/c1-14(13-17(24)22-9-7-21(8-10-22)11-12-23)18(25)20-16-5-3-15(4-6-16)19(26)27-2/h3-6,13,23H,7-12H2,1-2H3,(H,20,25)/b14-13+. The molecule has 1 fully saturated rings. The summed E-state index contributed by atoms with van der Waals surface area (Å²) in [6.07, 6.45) is 1.33. The van der Waals surface area contributed by atoms with Crippen molar-refractivity contribution in [2.45, 2.75) is 6.92 Å². The number of piperazine rings is 1. The third kappa shape index (κ3) is 5.90. The van der Waals surface area contributed by atoms with Crippen molar-refractivity contribution < 1.29 is 24.2 Å². The smallest absolute Gasteiger partial charge is 0.337 e. The number of anilines is 1. The molecule has 1 aliphatic rings. The maximum atomic E-state index is 12.3. The predicted octanol–water partition coefficient (Wildman–Crippen LogP) is 0.495. The molecule has 0 saturated carbocycles. The van der Waals surface area contributed by atoms with Crippen LogP contribution in [0.25, 0.3) is 0 Å². The van der Waals surface area contributed by atoms with Gasteiger partial charge in [-0.2, -0.15) is 0 Å². The summed E-state index contributed by atoms with van der Waals surface area (Å²) in [7, 11) is 1.30. The molecule has 8 heteroatoms. The molecule has 27 heavy (non-hydrogen) atoms. The number of esters is 1. The average molecular weight is 375 g/mol. The number of rotatable bonds is 6. The third-order valence-electron chi connectivity index (χ3n) is 4.36. The molecule has 2 amide bonds. The van der Waals surface area contributed by atoms with Gasteiger partial charge in [0.1, 0.15) is 0 Å². The SMILES string of the molecule is COC(=O)c1ccc(NC(=O)/C(C)=C/C(=O)N2CCN(CCO)CC2)cc1.